The maximum Gasteiger partial charge on any atom is 0.227 e. The van der Waals surface area contributed by atoms with Crippen LogP contribution in [0.15, 0.2) is 215 Å². The lowest BCUT2D eigenvalue weighted by molar-refractivity contribution is 0.619. The quantitative estimate of drug-likeness (QED) is 0.160. The van der Waals surface area contributed by atoms with Crippen molar-refractivity contribution in [1.29, 1.82) is 0 Å². The van der Waals surface area contributed by atoms with E-state index >= 15 is 0 Å². The molecule has 0 radical (unpaired) electrons. The summed E-state index contributed by atoms with van der Waals surface area (Å²) in [5, 5.41) is 4.61. The molecule has 4 aromatic heterocycles. The smallest absolute Gasteiger partial charge is 0.227 e. The molecule has 12 rings (SSSR count). The van der Waals surface area contributed by atoms with Crippen LogP contribution in [0.3, 0.4) is 0 Å². The van der Waals surface area contributed by atoms with Gasteiger partial charge in [0.1, 0.15) is 11.0 Å². The third kappa shape index (κ3) is 6.47. The van der Waals surface area contributed by atoms with Crippen molar-refractivity contribution in [2.75, 3.05) is 0 Å². The molecule has 0 aliphatic heterocycles. The van der Waals surface area contributed by atoms with Crippen molar-refractivity contribution in [2.45, 2.75) is 0 Å². The van der Waals surface area contributed by atoms with Gasteiger partial charge in [0, 0.05) is 28.5 Å². The number of pyridine rings is 2. The Morgan fingerprint density at radius 3 is 1.29 bits per heavy atom. The molecule has 0 unspecified atom stereocenters. The Morgan fingerprint density at radius 1 is 0.306 bits per heavy atom. The molecule has 0 fully saturated rings. The minimum atomic E-state index is 0.623. The number of hydrogen-bond acceptors (Lipinski definition) is 6. The minimum absolute atomic E-state index is 0.623. The number of nitrogens with zero attached hydrogens (tertiary/aromatic N) is 4. The number of fused-ring (bicyclic) bond motifs is 4. The number of oxazole rings is 2. The Hall–Kier alpha value is -8.48. The molecule has 0 spiro atoms. The SMILES string of the molecule is c1ccc(-c2ccc(-c3ccc4cc(-c5ccc(-c6nc7ccccc7o6)cc5)ccc4c3)c(-c3ccc4cc(-c5ccc(-c6nc7ccccc7o6)cc5)ccc4c3)n2)nc1. The first-order valence-electron chi connectivity index (χ1n) is 20.6. The predicted octanol–water partition coefficient (Wildman–Crippen LogP) is 14.7. The van der Waals surface area contributed by atoms with Crippen LogP contribution in [0.1, 0.15) is 0 Å². The topological polar surface area (TPSA) is 77.8 Å². The van der Waals surface area contributed by atoms with E-state index in [0.717, 1.165) is 111 Å². The average Bonchev–Trinajstić information content (AvgIpc) is 3.99. The highest BCUT2D eigenvalue weighted by Gasteiger charge is 2.15. The van der Waals surface area contributed by atoms with Crippen molar-refractivity contribution in [1.82, 2.24) is 19.9 Å². The van der Waals surface area contributed by atoms with Gasteiger partial charge in [0.2, 0.25) is 11.8 Å². The summed E-state index contributed by atoms with van der Waals surface area (Å²) in [5.41, 5.74) is 15.5. The zero-order valence-corrected chi connectivity index (χ0v) is 33.2. The number of aromatic nitrogens is 4. The number of benzene rings is 8. The zero-order chi connectivity index (χ0) is 41.0. The van der Waals surface area contributed by atoms with Gasteiger partial charge in [-0.15, -0.1) is 0 Å². The Balaban J connectivity index is 0.860. The van der Waals surface area contributed by atoms with Crippen LogP contribution in [-0.2, 0) is 0 Å². The second kappa shape index (κ2) is 14.7. The molecular formula is C56H34N4O2. The van der Waals surface area contributed by atoms with E-state index in [2.05, 4.69) is 148 Å². The molecule has 0 saturated carbocycles. The van der Waals surface area contributed by atoms with Crippen molar-refractivity contribution >= 4 is 43.7 Å². The highest BCUT2D eigenvalue weighted by molar-refractivity contribution is 5.96. The van der Waals surface area contributed by atoms with Crippen molar-refractivity contribution in [3.8, 4) is 78.9 Å². The van der Waals surface area contributed by atoms with E-state index in [1.54, 1.807) is 0 Å². The molecular weight excluding hydrogens is 761 g/mol. The monoisotopic (exact) mass is 794 g/mol. The molecule has 0 bridgehead atoms. The molecule has 8 aromatic carbocycles. The second-order valence-electron chi connectivity index (χ2n) is 15.5. The normalized spacial score (nSPS) is 11.5. The van der Waals surface area contributed by atoms with Crippen LogP contribution >= 0.6 is 0 Å². The Morgan fingerprint density at radius 2 is 0.758 bits per heavy atom. The van der Waals surface area contributed by atoms with Crippen molar-refractivity contribution in [3.05, 3.63) is 206 Å². The second-order valence-corrected chi connectivity index (χ2v) is 15.5. The van der Waals surface area contributed by atoms with E-state index in [1.807, 2.05) is 72.9 Å². The first kappa shape index (κ1) is 35.5. The van der Waals surface area contributed by atoms with Gasteiger partial charge >= 0.3 is 0 Å². The van der Waals surface area contributed by atoms with E-state index < -0.39 is 0 Å². The van der Waals surface area contributed by atoms with Crippen molar-refractivity contribution in [2.24, 2.45) is 0 Å². The molecule has 4 heterocycles. The standard InChI is InChI=1S/C56H34N4O2/c1-3-10-52-50(8-1)59-55(61-52)37-16-12-35(13-17-37)39-20-22-43-33-45(26-24-41(43)31-39)47-28-29-49(48-7-5-6-30-57-48)58-54(47)46-27-25-42-32-40(21-23-44(42)34-46)36-14-18-38(19-15-36)56-60-51-9-2-4-11-53(51)62-56/h1-34H. The van der Waals surface area contributed by atoms with Crippen LogP contribution in [-0.4, -0.2) is 19.9 Å². The van der Waals surface area contributed by atoms with Gasteiger partial charge in [0.05, 0.1) is 17.1 Å². The summed E-state index contributed by atoms with van der Waals surface area (Å²) < 4.78 is 12.0. The van der Waals surface area contributed by atoms with Crippen LogP contribution in [0.5, 0.6) is 0 Å². The summed E-state index contributed by atoms with van der Waals surface area (Å²) in [6.45, 7) is 0. The molecule has 62 heavy (non-hydrogen) atoms. The Labute approximate surface area is 356 Å². The molecule has 0 amide bonds. The Bertz CT molecular complexity index is 3560. The highest BCUT2D eigenvalue weighted by Crippen LogP contribution is 2.38. The zero-order valence-electron chi connectivity index (χ0n) is 33.2. The molecule has 6 nitrogen and oxygen atoms in total. The van der Waals surface area contributed by atoms with Gasteiger partial charge in [0.25, 0.3) is 0 Å². The summed E-state index contributed by atoms with van der Waals surface area (Å²) in [5.74, 6) is 1.25. The lowest BCUT2D eigenvalue weighted by atomic mass is 9.93. The van der Waals surface area contributed by atoms with Crippen LogP contribution in [0.4, 0.5) is 0 Å². The van der Waals surface area contributed by atoms with Gasteiger partial charge in [-0.2, -0.15) is 0 Å². The summed E-state index contributed by atoms with van der Waals surface area (Å²) in [4.78, 5) is 19.3. The van der Waals surface area contributed by atoms with Gasteiger partial charge in [-0.1, -0.05) is 103 Å². The third-order valence-corrected chi connectivity index (χ3v) is 11.6. The van der Waals surface area contributed by atoms with E-state index in [9.17, 15) is 0 Å². The largest absolute Gasteiger partial charge is 0.436 e. The van der Waals surface area contributed by atoms with Crippen LogP contribution < -0.4 is 0 Å². The maximum atomic E-state index is 6.01. The average molecular weight is 795 g/mol. The highest BCUT2D eigenvalue weighted by atomic mass is 16.4. The molecule has 6 heteroatoms. The van der Waals surface area contributed by atoms with E-state index in [-0.39, 0.29) is 0 Å². The van der Waals surface area contributed by atoms with Gasteiger partial charge in [0.15, 0.2) is 11.2 Å². The first-order valence-corrected chi connectivity index (χ1v) is 20.6. The molecule has 0 aliphatic rings. The molecule has 0 atom stereocenters. The van der Waals surface area contributed by atoms with Gasteiger partial charge < -0.3 is 8.83 Å². The van der Waals surface area contributed by atoms with Crippen LogP contribution in [0, 0.1) is 0 Å². The lowest BCUT2D eigenvalue weighted by Gasteiger charge is -2.14. The summed E-state index contributed by atoms with van der Waals surface area (Å²) >= 11 is 0. The fraction of sp³-hybridized carbons (Fsp3) is 0. The predicted molar refractivity (Wildman–Crippen MR) is 250 cm³/mol. The summed E-state index contributed by atoms with van der Waals surface area (Å²) in [6.07, 6.45) is 1.81. The molecule has 0 N–H and O–H groups in total. The summed E-state index contributed by atoms with van der Waals surface area (Å²) in [7, 11) is 0. The molecule has 0 aliphatic carbocycles. The maximum absolute atomic E-state index is 6.01. The molecule has 290 valence electrons. The van der Waals surface area contributed by atoms with Gasteiger partial charge in [-0.05, 0) is 146 Å². The fourth-order valence-electron chi connectivity index (χ4n) is 8.34. The van der Waals surface area contributed by atoms with Crippen LogP contribution in [0.2, 0.25) is 0 Å². The number of rotatable bonds is 7. The van der Waals surface area contributed by atoms with E-state index in [1.165, 1.54) is 0 Å². The first-order chi connectivity index (χ1) is 30.6. The van der Waals surface area contributed by atoms with E-state index in [4.69, 9.17) is 13.8 Å². The number of hydrogen-bond donors (Lipinski definition) is 0. The molecule has 0 saturated heterocycles. The fourth-order valence-corrected chi connectivity index (χ4v) is 8.34. The minimum Gasteiger partial charge on any atom is -0.436 e. The third-order valence-electron chi connectivity index (χ3n) is 11.6. The summed E-state index contributed by atoms with van der Waals surface area (Å²) in [6, 6.07) is 69.2. The van der Waals surface area contributed by atoms with Crippen molar-refractivity contribution < 1.29 is 8.83 Å². The Kier molecular flexibility index (Phi) is 8.38. The van der Waals surface area contributed by atoms with Gasteiger partial charge in [-0.25, -0.2) is 15.0 Å². The van der Waals surface area contributed by atoms with Crippen LogP contribution in [0.25, 0.3) is 123 Å². The van der Waals surface area contributed by atoms with Gasteiger partial charge in [-0.3, -0.25) is 4.98 Å². The molecule has 12 aromatic rings. The van der Waals surface area contributed by atoms with Crippen molar-refractivity contribution in [3.63, 3.8) is 0 Å². The van der Waals surface area contributed by atoms with E-state index in [0.29, 0.717) is 11.8 Å². The number of para-hydroxylation sites is 4. The lowest BCUT2D eigenvalue weighted by Crippen LogP contribution is -1.94.